The van der Waals surface area contributed by atoms with E-state index >= 15 is 0 Å². The van der Waals surface area contributed by atoms with Crippen molar-refractivity contribution >= 4 is 5.96 Å². The predicted molar refractivity (Wildman–Crippen MR) is 104 cm³/mol. The first kappa shape index (κ1) is 18.5. The van der Waals surface area contributed by atoms with Crippen molar-refractivity contribution in [3.63, 3.8) is 0 Å². The van der Waals surface area contributed by atoms with Gasteiger partial charge in [-0.2, -0.15) is 0 Å². The molecule has 3 rings (SSSR count). The van der Waals surface area contributed by atoms with E-state index in [9.17, 15) is 5.11 Å². The van der Waals surface area contributed by atoms with E-state index in [-0.39, 0.29) is 6.10 Å². The number of imidazole rings is 1. The van der Waals surface area contributed by atoms with Crippen LogP contribution in [0.2, 0.25) is 0 Å². The third kappa shape index (κ3) is 5.08. The average Bonchev–Trinajstić information content (AvgIpc) is 3.28. The van der Waals surface area contributed by atoms with Crippen molar-refractivity contribution in [1.82, 2.24) is 19.8 Å². The molecule has 6 nitrogen and oxygen atoms in total. The van der Waals surface area contributed by atoms with Crippen molar-refractivity contribution in [2.24, 2.45) is 4.99 Å². The molecule has 26 heavy (non-hydrogen) atoms. The molecule has 1 atom stereocenters. The number of aromatic nitrogens is 2. The van der Waals surface area contributed by atoms with Crippen LogP contribution in [0.15, 0.2) is 47.7 Å². The molecule has 0 spiro atoms. The SMILES string of the molecule is CCNC(=NCc1nccn1CCCc1ccccc1)N1CC[C@@H](O)C1. The van der Waals surface area contributed by atoms with E-state index in [0.29, 0.717) is 13.1 Å². The lowest BCUT2D eigenvalue weighted by molar-refractivity contribution is 0.188. The van der Waals surface area contributed by atoms with Crippen molar-refractivity contribution in [3.05, 3.63) is 54.1 Å². The topological polar surface area (TPSA) is 65.7 Å². The maximum Gasteiger partial charge on any atom is 0.194 e. The molecule has 1 aromatic heterocycles. The number of nitrogens with one attached hydrogen (secondary N) is 1. The molecular formula is C20H29N5O. The summed E-state index contributed by atoms with van der Waals surface area (Å²) in [6.45, 7) is 5.87. The molecule has 1 aliphatic rings. The molecular weight excluding hydrogens is 326 g/mol. The second-order valence-electron chi connectivity index (χ2n) is 6.68. The summed E-state index contributed by atoms with van der Waals surface area (Å²) in [5, 5.41) is 13.1. The van der Waals surface area contributed by atoms with Crippen molar-refractivity contribution in [2.75, 3.05) is 19.6 Å². The summed E-state index contributed by atoms with van der Waals surface area (Å²) in [5.41, 5.74) is 1.37. The van der Waals surface area contributed by atoms with E-state index < -0.39 is 0 Å². The van der Waals surface area contributed by atoms with E-state index in [4.69, 9.17) is 4.99 Å². The average molecular weight is 355 g/mol. The summed E-state index contributed by atoms with van der Waals surface area (Å²) < 4.78 is 2.19. The van der Waals surface area contributed by atoms with E-state index in [2.05, 4.69) is 57.0 Å². The van der Waals surface area contributed by atoms with Gasteiger partial charge in [0.05, 0.1) is 6.10 Å². The lowest BCUT2D eigenvalue weighted by Crippen LogP contribution is -2.40. The number of hydrogen-bond acceptors (Lipinski definition) is 3. The van der Waals surface area contributed by atoms with Crippen LogP contribution in [0.4, 0.5) is 0 Å². The molecule has 0 amide bonds. The molecule has 1 fully saturated rings. The Balaban J connectivity index is 1.56. The monoisotopic (exact) mass is 355 g/mol. The molecule has 2 heterocycles. The Bertz CT molecular complexity index is 697. The summed E-state index contributed by atoms with van der Waals surface area (Å²) in [4.78, 5) is 11.3. The van der Waals surface area contributed by atoms with Gasteiger partial charge in [-0.15, -0.1) is 0 Å². The van der Waals surface area contributed by atoms with Gasteiger partial charge in [-0.05, 0) is 31.7 Å². The Morgan fingerprint density at radius 1 is 1.35 bits per heavy atom. The van der Waals surface area contributed by atoms with Gasteiger partial charge in [-0.25, -0.2) is 9.98 Å². The highest BCUT2D eigenvalue weighted by molar-refractivity contribution is 5.80. The highest BCUT2D eigenvalue weighted by Crippen LogP contribution is 2.10. The van der Waals surface area contributed by atoms with Crippen LogP contribution in [0.1, 0.15) is 31.2 Å². The van der Waals surface area contributed by atoms with Gasteiger partial charge in [0.15, 0.2) is 5.96 Å². The Labute approximate surface area is 155 Å². The highest BCUT2D eigenvalue weighted by Gasteiger charge is 2.22. The largest absolute Gasteiger partial charge is 0.391 e. The third-order valence-corrected chi connectivity index (χ3v) is 4.68. The summed E-state index contributed by atoms with van der Waals surface area (Å²) in [5.74, 6) is 1.84. The standard InChI is InChI=1S/C20H29N5O/c1-2-21-20(25-13-10-18(26)16-25)23-15-19-22-11-14-24(19)12-6-9-17-7-4-3-5-8-17/h3-5,7-8,11,14,18,26H,2,6,9-10,12-13,15-16H2,1H3,(H,21,23)/t18-/m1/s1. The third-order valence-electron chi connectivity index (χ3n) is 4.68. The fraction of sp³-hybridized carbons (Fsp3) is 0.500. The van der Waals surface area contributed by atoms with Crippen molar-refractivity contribution < 1.29 is 5.11 Å². The Hall–Kier alpha value is -2.34. The molecule has 1 aliphatic heterocycles. The van der Waals surface area contributed by atoms with Gasteiger partial charge >= 0.3 is 0 Å². The smallest absolute Gasteiger partial charge is 0.194 e. The van der Waals surface area contributed by atoms with Crippen LogP contribution in [-0.4, -0.2) is 51.3 Å². The normalized spacial score (nSPS) is 17.7. The van der Waals surface area contributed by atoms with Crippen LogP contribution in [-0.2, 0) is 19.5 Å². The number of β-amino-alcohol motifs (C(OH)–C–C–N with tert-alkyl or cyclic N) is 1. The van der Waals surface area contributed by atoms with Crippen LogP contribution in [0.25, 0.3) is 0 Å². The molecule has 0 aliphatic carbocycles. The molecule has 0 saturated carbocycles. The van der Waals surface area contributed by atoms with Crippen molar-refractivity contribution in [3.8, 4) is 0 Å². The summed E-state index contributed by atoms with van der Waals surface area (Å²) in [7, 11) is 0. The van der Waals surface area contributed by atoms with Gasteiger partial charge in [0.1, 0.15) is 12.4 Å². The molecule has 6 heteroatoms. The first-order valence-electron chi connectivity index (χ1n) is 9.51. The number of hydrogen-bond donors (Lipinski definition) is 2. The van der Waals surface area contributed by atoms with Crippen molar-refractivity contribution in [2.45, 2.75) is 45.4 Å². The predicted octanol–water partition coefficient (Wildman–Crippen LogP) is 2.05. The number of nitrogens with zero attached hydrogens (tertiary/aromatic N) is 4. The van der Waals surface area contributed by atoms with Gasteiger partial charge in [0.25, 0.3) is 0 Å². The van der Waals surface area contributed by atoms with Crippen LogP contribution < -0.4 is 5.32 Å². The minimum absolute atomic E-state index is 0.251. The number of aliphatic hydroxyl groups is 1. The van der Waals surface area contributed by atoms with Crippen LogP contribution in [0.5, 0.6) is 0 Å². The Morgan fingerprint density at radius 2 is 2.19 bits per heavy atom. The van der Waals surface area contributed by atoms with Gasteiger partial charge < -0.3 is 19.9 Å². The quantitative estimate of drug-likeness (QED) is 0.589. The molecule has 0 bridgehead atoms. The number of aryl methyl sites for hydroxylation is 2. The molecule has 1 saturated heterocycles. The second kappa shape index (κ2) is 9.38. The zero-order valence-electron chi connectivity index (χ0n) is 15.5. The van der Waals surface area contributed by atoms with Gasteiger partial charge in [0, 0.05) is 38.6 Å². The number of aliphatic hydroxyl groups excluding tert-OH is 1. The molecule has 1 aromatic carbocycles. The maximum absolute atomic E-state index is 9.76. The van der Waals surface area contributed by atoms with E-state index in [0.717, 1.165) is 50.7 Å². The summed E-state index contributed by atoms with van der Waals surface area (Å²) in [6.07, 6.45) is 6.57. The minimum atomic E-state index is -0.251. The highest BCUT2D eigenvalue weighted by atomic mass is 16.3. The Morgan fingerprint density at radius 3 is 2.92 bits per heavy atom. The van der Waals surface area contributed by atoms with E-state index in [1.165, 1.54) is 5.56 Å². The first-order valence-corrected chi connectivity index (χ1v) is 9.51. The number of benzene rings is 1. The number of likely N-dealkylation sites (tertiary alicyclic amines) is 1. The van der Waals surface area contributed by atoms with Gasteiger partial charge in [0.2, 0.25) is 0 Å². The lowest BCUT2D eigenvalue weighted by Gasteiger charge is -2.20. The molecule has 2 aromatic rings. The number of rotatable bonds is 7. The molecule has 140 valence electrons. The first-order chi connectivity index (χ1) is 12.8. The zero-order chi connectivity index (χ0) is 18.2. The van der Waals surface area contributed by atoms with E-state index in [1.807, 2.05) is 12.4 Å². The molecule has 2 N–H and O–H groups in total. The van der Waals surface area contributed by atoms with Gasteiger partial charge in [-0.3, -0.25) is 0 Å². The Kier molecular flexibility index (Phi) is 6.66. The van der Waals surface area contributed by atoms with Crippen LogP contribution >= 0.6 is 0 Å². The molecule has 0 radical (unpaired) electrons. The summed E-state index contributed by atoms with van der Waals surface area (Å²) in [6, 6.07) is 10.6. The van der Waals surface area contributed by atoms with Gasteiger partial charge in [-0.1, -0.05) is 30.3 Å². The molecule has 0 unspecified atom stereocenters. The fourth-order valence-corrected chi connectivity index (χ4v) is 3.30. The number of guanidine groups is 1. The maximum atomic E-state index is 9.76. The van der Waals surface area contributed by atoms with E-state index in [1.54, 1.807) is 0 Å². The second-order valence-corrected chi connectivity index (χ2v) is 6.68. The fourth-order valence-electron chi connectivity index (χ4n) is 3.30. The lowest BCUT2D eigenvalue weighted by atomic mass is 10.1. The summed E-state index contributed by atoms with van der Waals surface area (Å²) >= 11 is 0. The zero-order valence-corrected chi connectivity index (χ0v) is 15.5. The van der Waals surface area contributed by atoms with Crippen LogP contribution in [0, 0.1) is 0 Å². The van der Waals surface area contributed by atoms with Crippen LogP contribution in [0.3, 0.4) is 0 Å². The number of aliphatic imine (C=N–C) groups is 1. The minimum Gasteiger partial charge on any atom is -0.391 e. The van der Waals surface area contributed by atoms with Crippen molar-refractivity contribution in [1.29, 1.82) is 0 Å².